The Morgan fingerprint density at radius 3 is 2.46 bits per heavy atom. The summed E-state index contributed by atoms with van der Waals surface area (Å²) in [5.74, 6) is 2.76. The highest BCUT2D eigenvalue weighted by molar-refractivity contribution is 6.33. The van der Waals surface area contributed by atoms with Gasteiger partial charge >= 0.3 is 6.01 Å². The lowest BCUT2D eigenvalue weighted by molar-refractivity contribution is 0.442. The van der Waals surface area contributed by atoms with Crippen molar-refractivity contribution in [2.24, 2.45) is 4.99 Å². The van der Waals surface area contributed by atoms with Crippen LogP contribution in [-0.2, 0) is 6.42 Å². The Morgan fingerprint density at radius 1 is 0.919 bits per heavy atom. The summed E-state index contributed by atoms with van der Waals surface area (Å²) < 4.78 is 6.20. The van der Waals surface area contributed by atoms with Crippen molar-refractivity contribution in [3.8, 4) is 11.8 Å². The van der Waals surface area contributed by atoms with E-state index in [0.717, 1.165) is 49.8 Å². The molecule has 188 valence electrons. The number of piperazine rings is 1. The molecule has 1 fully saturated rings. The van der Waals surface area contributed by atoms with Crippen LogP contribution in [0.2, 0.25) is 5.02 Å². The fourth-order valence-corrected chi connectivity index (χ4v) is 5.15. The highest BCUT2D eigenvalue weighted by Crippen LogP contribution is 2.38. The SMILES string of the molecule is CC1=CC(Nc2cc(N3CCN(c4ccncc4)CC3)nc(Oc3ccc4c(c3Cl)C=C(C)C4)n2)=NC1. The molecule has 9 heteroatoms. The van der Waals surface area contributed by atoms with E-state index in [9.17, 15) is 0 Å². The van der Waals surface area contributed by atoms with E-state index in [2.05, 4.69) is 56.1 Å². The molecule has 0 atom stereocenters. The number of aliphatic imine (C=N–C) groups is 1. The van der Waals surface area contributed by atoms with Crippen molar-refractivity contribution in [2.45, 2.75) is 20.3 Å². The molecule has 2 aliphatic heterocycles. The van der Waals surface area contributed by atoms with E-state index < -0.39 is 0 Å². The molecular formula is C28H28ClN7O. The summed E-state index contributed by atoms with van der Waals surface area (Å²) in [4.78, 5) is 22.7. The van der Waals surface area contributed by atoms with E-state index in [0.29, 0.717) is 23.1 Å². The molecule has 0 spiro atoms. The van der Waals surface area contributed by atoms with Crippen LogP contribution in [0.5, 0.6) is 11.8 Å². The van der Waals surface area contributed by atoms with Crippen LogP contribution in [0.15, 0.2) is 64.9 Å². The maximum absolute atomic E-state index is 6.74. The lowest BCUT2D eigenvalue weighted by Gasteiger charge is -2.36. The predicted octanol–water partition coefficient (Wildman–Crippen LogP) is 5.37. The Kier molecular flexibility index (Phi) is 6.26. The molecule has 1 aromatic carbocycles. The second-order valence-corrected chi connectivity index (χ2v) is 9.99. The van der Waals surface area contributed by atoms with Crippen molar-refractivity contribution in [1.82, 2.24) is 15.0 Å². The van der Waals surface area contributed by atoms with Gasteiger partial charge in [0.1, 0.15) is 23.2 Å². The van der Waals surface area contributed by atoms with E-state index in [1.165, 1.54) is 22.4 Å². The quantitative estimate of drug-likeness (QED) is 0.491. The van der Waals surface area contributed by atoms with Crippen LogP contribution in [0.4, 0.5) is 17.3 Å². The number of ether oxygens (including phenoxy) is 1. The second-order valence-electron chi connectivity index (χ2n) is 9.61. The van der Waals surface area contributed by atoms with Gasteiger partial charge in [-0.05, 0) is 55.7 Å². The third-order valence-electron chi connectivity index (χ3n) is 6.76. The van der Waals surface area contributed by atoms with Crippen LogP contribution in [0.25, 0.3) is 6.08 Å². The van der Waals surface area contributed by atoms with Crippen molar-refractivity contribution in [2.75, 3.05) is 47.8 Å². The van der Waals surface area contributed by atoms with E-state index in [-0.39, 0.29) is 6.01 Å². The van der Waals surface area contributed by atoms with Gasteiger partial charge in [0, 0.05) is 55.9 Å². The van der Waals surface area contributed by atoms with Crippen LogP contribution >= 0.6 is 11.6 Å². The lowest BCUT2D eigenvalue weighted by atomic mass is 10.1. The van der Waals surface area contributed by atoms with Crippen molar-refractivity contribution in [3.05, 3.63) is 76.1 Å². The largest absolute Gasteiger partial charge is 0.423 e. The number of rotatable bonds is 5. The molecule has 0 saturated carbocycles. The highest BCUT2D eigenvalue weighted by Gasteiger charge is 2.22. The van der Waals surface area contributed by atoms with Crippen LogP contribution < -0.4 is 19.9 Å². The Hall–Kier alpha value is -3.91. The summed E-state index contributed by atoms with van der Waals surface area (Å²) in [6.07, 6.45) is 8.72. The first-order valence-electron chi connectivity index (χ1n) is 12.5. The van der Waals surface area contributed by atoms with Crippen LogP contribution in [0.1, 0.15) is 25.0 Å². The molecule has 0 radical (unpaired) electrons. The number of fused-ring (bicyclic) bond motifs is 1. The highest BCUT2D eigenvalue weighted by atomic mass is 35.5. The van der Waals surface area contributed by atoms with Gasteiger partial charge in [0.25, 0.3) is 0 Å². The first-order valence-corrected chi connectivity index (χ1v) is 12.8. The molecule has 6 rings (SSSR count). The van der Waals surface area contributed by atoms with Crippen LogP contribution in [0.3, 0.4) is 0 Å². The molecule has 3 aromatic rings. The standard InChI is InChI=1S/C28H28ClN7O/c1-18-13-20-3-4-23(27(29)22(20)14-18)37-28-33-25(32-24-15-19(2)17-31-24)16-26(34-28)36-11-9-35(10-12-36)21-5-7-30-8-6-21/h3-8,14-16H,9-13,17H2,1-2H3,(H,31,32,33,34). The van der Waals surface area contributed by atoms with E-state index in [1.807, 2.05) is 42.7 Å². The first-order chi connectivity index (χ1) is 18.0. The van der Waals surface area contributed by atoms with Gasteiger partial charge in [-0.1, -0.05) is 29.3 Å². The molecule has 0 amide bonds. The monoisotopic (exact) mass is 513 g/mol. The number of amidine groups is 1. The Bertz CT molecular complexity index is 1430. The Balaban J connectivity index is 1.27. The molecule has 1 saturated heterocycles. The van der Waals surface area contributed by atoms with Gasteiger partial charge in [-0.15, -0.1) is 0 Å². The smallest absolute Gasteiger partial charge is 0.325 e. The number of halogens is 1. The minimum atomic E-state index is 0.247. The van der Waals surface area contributed by atoms with Gasteiger partial charge in [-0.3, -0.25) is 9.98 Å². The Labute approximate surface area is 221 Å². The maximum atomic E-state index is 6.74. The van der Waals surface area contributed by atoms with E-state index >= 15 is 0 Å². The van der Waals surface area contributed by atoms with Gasteiger partial charge in [0.05, 0.1) is 11.6 Å². The number of anilines is 3. The topological polar surface area (TPSA) is 78.8 Å². The number of allylic oxidation sites excluding steroid dienone is 1. The molecule has 0 unspecified atom stereocenters. The summed E-state index contributed by atoms with van der Waals surface area (Å²) in [5, 5.41) is 3.92. The fraction of sp³-hybridized carbons (Fsp3) is 0.286. The molecule has 37 heavy (non-hydrogen) atoms. The van der Waals surface area contributed by atoms with Crippen molar-refractivity contribution in [1.29, 1.82) is 0 Å². The van der Waals surface area contributed by atoms with Gasteiger partial charge in [-0.2, -0.15) is 9.97 Å². The summed E-state index contributed by atoms with van der Waals surface area (Å²) >= 11 is 6.74. The molecule has 0 bridgehead atoms. The number of pyridine rings is 1. The fourth-order valence-electron chi connectivity index (χ4n) is 4.87. The zero-order valence-corrected chi connectivity index (χ0v) is 21.7. The Morgan fingerprint density at radius 2 is 1.70 bits per heavy atom. The average molecular weight is 514 g/mol. The number of hydrogen-bond donors (Lipinski definition) is 1. The predicted molar refractivity (Wildman–Crippen MR) is 149 cm³/mol. The minimum absolute atomic E-state index is 0.247. The molecule has 1 N–H and O–H groups in total. The zero-order valence-electron chi connectivity index (χ0n) is 20.9. The average Bonchev–Trinajstić information content (AvgIpc) is 3.51. The second kappa shape index (κ2) is 9.86. The van der Waals surface area contributed by atoms with Crippen molar-refractivity contribution >= 4 is 40.8 Å². The summed E-state index contributed by atoms with van der Waals surface area (Å²) in [6, 6.07) is 10.3. The van der Waals surface area contributed by atoms with Crippen LogP contribution in [-0.4, -0.2) is 53.5 Å². The number of hydrogen-bond acceptors (Lipinski definition) is 8. The molecule has 3 aliphatic rings. The maximum Gasteiger partial charge on any atom is 0.325 e. The van der Waals surface area contributed by atoms with E-state index in [4.69, 9.17) is 21.3 Å². The van der Waals surface area contributed by atoms with Gasteiger partial charge in [0.15, 0.2) is 0 Å². The lowest BCUT2D eigenvalue weighted by Crippen LogP contribution is -2.46. The van der Waals surface area contributed by atoms with Gasteiger partial charge in [0.2, 0.25) is 0 Å². The molecule has 4 heterocycles. The molecule has 8 nitrogen and oxygen atoms in total. The summed E-state index contributed by atoms with van der Waals surface area (Å²) in [7, 11) is 0. The third-order valence-corrected chi connectivity index (χ3v) is 7.15. The third kappa shape index (κ3) is 5.02. The van der Waals surface area contributed by atoms with Gasteiger partial charge < -0.3 is 19.9 Å². The van der Waals surface area contributed by atoms with Crippen molar-refractivity contribution < 1.29 is 4.74 Å². The van der Waals surface area contributed by atoms with E-state index in [1.54, 1.807) is 0 Å². The molecule has 1 aliphatic carbocycles. The zero-order chi connectivity index (χ0) is 25.4. The first kappa shape index (κ1) is 23.5. The van der Waals surface area contributed by atoms with Gasteiger partial charge in [-0.25, -0.2) is 0 Å². The minimum Gasteiger partial charge on any atom is -0.423 e. The summed E-state index contributed by atoms with van der Waals surface area (Å²) in [6.45, 7) is 8.26. The number of nitrogens with zero attached hydrogens (tertiary/aromatic N) is 6. The molecule has 2 aromatic heterocycles. The van der Waals surface area contributed by atoms with Crippen LogP contribution in [0, 0.1) is 0 Å². The number of aromatic nitrogens is 3. The van der Waals surface area contributed by atoms with Crippen molar-refractivity contribution in [3.63, 3.8) is 0 Å². The molecular weight excluding hydrogens is 486 g/mol. The normalized spacial score (nSPS) is 16.8. The summed E-state index contributed by atoms with van der Waals surface area (Å²) in [5.41, 5.74) is 5.89. The number of nitrogens with one attached hydrogen (secondary N) is 1. The number of benzene rings is 1.